The predicted octanol–water partition coefficient (Wildman–Crippen LogP) is 4.81. The third-order valence-corrected chi connectivity index (χ3v) is 4.57. The van der Waals surface area contributed by atoms with Crippen LogP contribution in [-0.2, 0) is 9.53 Å². The Morgan fingerprint density at radius 3 is 2.29 bits per heavy atom. The highest BCUT2D eigenvalue weighted by Crippen LogP contribution is 2.27. The lowest BCUT2D eigenvalue weighted by molar-refractivity contribution is -0.123. The van der Waals surface area contributed by atoms with Crippen LogP contribution < -0.4 is 10.1 Å². The van der Waals surface area contributed by atoms with E-state index in [0.717, 1.165) is 0 Å². The molecule has 0 saturated heterocycles. The van der Waals surface area contributed by atoms with Crippen LogP contribution >= 0.6 is 0 Å². The molecule has 1 N–H and O–H groups in total. The summed E-state index contributed by atoms with van der Waals surface area (Å²) in [6.07, 6.45) is -1.02. The third-order valence-electron chi connectivity index (χ3n) is 4.57. The van der Waals surface area contributed by atoms with Gasteiger partial charge in [0.2, 0.25) is 0 Å². The van der Waals surface area contributed by atoms with Gasteiger partial charge < -0.3 is 14.8 Å². The van der Waals surface area contributed by atoms with Gasteiger partial charge in [0.05, 0.1) is 23.8 Å². The molecule has 0 radical (unpaired) electrons. The summed E-state index contributed by atoms with van der Waals surface area (Å²) in [5, 5.41) is 12.1. The van der Waals surface area contributed by atoms with E-state index in [2.05, 4.69) is 11.4 Å². The molecule has 0 bridgehead atoms. The van der Waals surface area contributed by atoms with Crippen molar-refractivity contribution in [3.8, 4) is 22.9 Å². The smallest absolute Gasteiger partial charge is 0.339 e. The number of carbonyl (C=O) groups is 2. The quantitative estimate of drug-likeness (QED) is 0.561. The van der Waals surface area contributed by atoms with Gasteiger partial charge in [-0.15, -0.1) is 0 Å². The largest absolute Gasteiger partial charge is 0.494 e. The number of carbonyl (C=O) groups excluding carboxylic acids is 2. The fourth-order valence-electron chi connectivity index (χ4n) is 3.03. The number of rotatable bonds is 7. The third kappa shape index (κ3) is 5.28. The molecule has 0 spiro atoms. The molecule has 0 aromatic heterocycles. The highest BCUT2D eigenvalue weighted by molar-refractivity contribution is 6.01. The second-order valence-electron chi connectivity index (χ2n) is 6.70. The molecule has 0 unspecified atom stereocenters. The summed E-state index contributed by atoms with van der Waals surface area (Å²) in [5.41, 5.74) is 2.50. The summed E-state index contributed by atoms with van der Waals surface area (Å²) in [6, 6.07) is 22.9. The first kappa shape index (κ1) is 21.6. The zero-order valence-electron chi connectivity index (χ0n) is 17.3. The molecular formula is C25H22N2O4. The number of hydrogen-bond donors (Lipinski definition) is 1. The Labute approximate surface area is 181 Å². The van der Waals surface area contributed by atoms with E-state index in [1.165, 1.54) is 6.92 Å². The van der Waals surface area contributed by atoms with Crippen molar-refractivity contribution in [2.45, 2.75) is 20.0 Å². The van der Waals surface area contributed by atoms with Gasteiger partial charge in [-0.25, -0.2) is 4.79 Å². The minimum Gasteiger partial charge on any atom is -0.494 e. The molecule has 156 valence electrons. The molecule has 0 aliphatic heterocycles. The minimum absolute atomic E-state index is 0.283. The van der Waals surface area contributed by atoms with E-state index < -0.39 is 18.0 Å². The van der Waals surface area contributed by atoms with Gasteiger partial charge in [0.1, 0.15) is 5.75 Å². The number of nitrogens with zero attached hydrogens (tertiary/aromatic N) is 1. The number of nitrogens with one attached hydrogen (secondary N) is 1. The average molecular weight is 414 g/mol. The monoisotopic (exact) mass is 414 g/mol. The Kier molecular flexibility index (Phi) is 7.02. The maximum absolute atomic E-state index is 12.8. The number of anilines is 1. The fraction of sp³-hybridized carbons (Fsp3) is 0.160. The Bertz CT molecular complexity index is 1120. The average Bonchev–Trinajstić information content (AvgIpc) is 2.80. The van der Waals surface area contributed by atoms with Gasteiger partial charge in [-0.3, -0.25) is 4.79 Å². The maximum Gasteiger partial charge on any atom is 0.339 e. The molecule has 0 heterocycles. The Balaban J connectivity index is 1.73. The molecule has 0 aliphatic carbocycles. The summed E-state index contributed by atoms with van der Waals surface area (Å²) in [5.74, 6) is -0.390. The highest BCUT2D eigenvalue weighted by atomic mass is 16.5. The summed E-state index contributed by atoms with van der Waals surface area (Å²) >= 11 is 0. The molecule has 3 aromatic rings. The molecule has 31 heavy (non-hydrogen) atoms. The van der Waals surface area contributed by atoms with E-state index in [4.69, 9.17) is 9.47 Å². The van der Waals surface area contributed by atoms with Crippen LogP contribution in [-0.4, -0.2) is 24.6 Å². The lowest BCUT2D eigenvalue weighted by atomic mass is 9.96. The van der Waals surface area contributed by atoms with Gasteiger partial charge in [-0.2, -0.15) is 5.26 Å². The first-order valence-corrected chi connectivity index (χ1v) is 9.86. The van der Waals surface area contributed by atoms with Gasteiger partial charge in [-0.1, -0.05) is 36.4 Å². The minimum atomic E-state index is -1.02. The summed E-state index contributed by atoms with van der Waals surface area (Å²) in [6.45, 7) is 3.95. The van der Waals surface area contributed by atoms with Crippen LogP contribution in [0.2, 0.25) is 0 Å². The Morgan fingerprint density at radius 2 is 1.61 bits per heavy atom. The first-order valence-electron chi connectivity index (χ1n) is 9.86. The van der Waals surface area contributed by atoms with E-state index in [1.54, 1.807) is 72.8 Å². The van der Waals surface area contributed by atoms with Gasteiger partial charge in [0, 0.05) is 11.3 Å². The molecule has 1 atom stereocenters. The Hall–Kier alpha value is -4.11. The van der Waals surface area contributed by atoms with Crippen LogP contribution in [0.15, 0.2) is 72.8 Å². The first-order chi connectivity index (χ1) is 15.0. The molecule has 6 heteroatoms. The molecule has 0 aliphatic rings. The molecule has 3 rings (SSSR count). The number of nitriles is 1. The van der Waals surface area contributed by atoms with Crippen molar-refractivity contribution in [1.82, 2.24) is 0 Å². The summed E-state index contributed by atoms with van der Waals surface area (Å²) in [7, 11) is 0. The van der Waals surface area contributed by atoms with Crippen LogP contribution in [0.5, 0.6) is 5.75 Å². The van der Waals surface area contributed by atoms with Crippen LogP contribution in [0, 0.1) is 11.3 Å². The van der Waals surface area contributed by atoms with Gasteiger partial charge in [-0.05, 0) is 55.8 Å². The highest BCUT2D eigenvalue weighted by Gasteiger charge is 2.22. The Morgan fingerprint density at radius 1 is 0.968 bits per heavy atom. The molecule has 1 amide bonds. The number of amides is 1. The zero-order chi connectivity index (χ0) is 22.2. The van der Waals surface area contributed by atoms with Crippen molar-refractivity contribution >= 4 is 17.6 Å². The second-order valence-corrected chi connectivity index (χ2v) is 6.70. The van der Waals surface area contributed by atoms with Crippen molar-refractivity contribution in [2.24, 2.45) is 0 Å². The van der Waals surface area contributed by atoms with E-state index in [1.807, 2.05) is 6.92 Å². The van der Waals surface area contributed by atoms with Crippen molar-refractivity contribution in [2.75, 3.05) is 11.9 Å². The van der Waals surface area contributed by atoms with Crippen molar-refractivity contribution in [3.05, 3.63) is 83.9 Å². The van der Waals surface area contributed by atoms with Gasteiger partial charge in [0.25, 0.3) is 5.91 Å². The predicted molar refractivity (Wildman–Crippen MR) is 118 cm³/mol. The fourth-order valence-corrected chi connectivity index (χ4v) is 3.03. The normalized spacial score (nSPS) is 11.1. The number of benzene rings is 3. The van der Waals surface area contributed by atoms with Gasteiger partial charge >= 0.3 is 5.97 Å². The van der Waals surface area contributed by atoms with E-state index in [-0.39, 0.29) is 5.56 Å². The zero-order valence-corrected chi connectivity index (χ0v) is 17.3. The van der Waals surface area contributed by atoms with Crippen LogP contribution in [0.25, 0.3) is 11.1 Å². The maximum atomic E-state index is 12.8. The molecule has 0 saturated carbocycles. The number of ether oxygens (including phenoxy) is 2. The van der Waals surface area contributed by atoms with Crippen molar-refractivity contribution in [1.29, 1.82) is 5.26 Å². The van der Waals surface area contributed by atoms with E-state index in [9.17, 15) is 14.9 Å². The van der Waals surface area contributed by atoms with E-state index in [0.29, 0.717) is 34.7 Å². The van der Waals surface area contributed by atoms with E-state index >= 15 is 0 Å². The standard InChI is InChI=1S/C25H22N2O4/c1-3-30-20-14-12-19(13-15-20)27-24(28)17(2)31-25(29)23-11-7-6-10-22(23)21-9-5-4-8-18(21)16-26/h4-15,17H,3H2,1-2H3,(H,27,28)/t17-/m0/s1. The van der Waals surface area contributed by atoms with Crippen molar-refractivity contribution < 1.29 is 19.1 Å². The molecular weight excluding hydrogens is 392 g/mol. The number of hydrogen-bond acceptors (Lipinski definition) is 5. The molecule has 6 nitrogen and oxygen atoms in total. The summed E-state index contributed by atoms with van der Waals surface area (Å²) < 4.78 is 10.8. The van der Waals surface area contributed by atoms with Crippen molar-refractivity contribution in [3.63, 3.8) is 0 Å². The second kappa shape index (κ2) is 10.1. The van der Waals surface area contributed by atoms with Crippen LogP contribution in [0.1, 0.15) is 29.8 Å². The lowest BCUT2D eigenvalue weighted by Crippen LogP contribution is -2.30. The van der Waals surface area contributed by atoms with Gasteiger partial charge in [0.15, 0.2) is 6.10 Å². The number of esters is 1. The SMILES string of the molecule is CCOc1ccc(NC(=O)[C@H](C)OC(=O)c2ccccc2-c2ccccc2C#N)cc1. The molecule has 0 fully saturated rings. The topological polar surface area (TPSA) is 88.4 Å². The molecule has 3 aromatic carbocycles. The lowest BCUT2D eigenvalue weighted by Gasteiger charge is -2.16. The van der Waals surface area contributed by atoms with Crippen LogP contribution in [0.4, 0.5) is 5.69 Å². The van der Waals surface area contributed by atoms with Crippen LogP contribution in [0.3, 0.4) is 0 Å². The summed E-state index contributed by atoms with van der Waals surface area (Å²) in [4.78, 5) is 25.3.